The number of fused-ring (bicyclic) bond motifs is 6. The van der Waals surface area contributed by atoms with Crippen LogP contribution in [0.2, 0.25) is 5.15 Å². The van der Waals surface area contributed by atoms with Crippen molar-refractivity contribution in [3.8, 4) is 0 Å². The summed E-state index contributed by atoms with van der Waals surface area (Å²) >= 11 is 6.55. The predicted octanol–water partition coefficient (Wildman–Crippen LogP) is 8.22. The molecule has 4 fully saturated rings. The lowest BCUT2D eigenvalue weighted by Gasteiger charge is -2.61. The number of aliphatic carboxylic acids is 1. The number of para-hydroxylation sites is 2. The first-order valence-corrected chi connectivity index (χ1v) is 15.5. The second-order valence-corrected chi connectivity index (χ2v) is 14.1. The van der Waals surface area contributed by atoms with Gasteiger partial charge in [0.1, 0.15) is 0 Å². The summed E-state index contributed by atoms with van der Waals surface area (Å²) in [5.74, 6) is 4.52. The number of aromatic nitrogens is 2. The first-order chi connectivity index (χ1) is 18.2. The Morgan fingerprint density at radius 3 is 2.50 bits per heavy atom. The molecule has 4 saturated carbocycles. The largest absolute Gasteiger partial charge is 0.481 e. The van der Waals surface area contributed by atoms with Gasteiger partial charge in [0.15, 0.2) is 11.0 Å². The van der Waals surface area contributed by atoms with Crippen LogP contribution in [0.5, 0.6) is 0 Å². The normalized spacial score (nSPS) is 39.2. The molecule has 2 aromatic rings. The highest BCUT2D eigenvalue weighted by Gasteiger charge is 2.60. The Balaban J connectivity index is 1.14. The third kappa shape index (κ3) is 4.41. The van der Waals surface area contributed by atoms with Crippen LogP contribution >= 0.6 is 11.6 Å². The molecule has 0 aliphatic heterocycles. The molecular weight excluding hydrogens is 494 g/mol. The van der Waals surface area contributed by atoms with Crippen LogP contribution in [0.15, 0.2) is 24.3 Å². The molecule has 0 saturated heterocycles. The number of nitrogens with zero attached hydrogens (tertiary/aromatic N) is 2. The fourth-order valence-electron chi connectivity index (χ4n) is 10.2. The Kier molecular flexibility index (Phi) is 6.90. The van der Waals surface area contributed by atoms with E-state index in [9.17, 15) is 9.90 Å². The van der Waals surface area contributed by atoms with E-state index in [1.54, 1.807) is 0 Å². The quantitative estimate of drug-likeness (QED) is 0.388. The lowest BCUT2D eigenvalue weighted by Crippen LogP contribution is -2.54. The van der Waals surface area contributed by atoms with Gasteiger partial charge in [0.2, 0.25) is 0 Å². The molecule has 0 spiro atoms. The number of hydrogen-bond acceptors (Lipinski definition) is 4. The summed E-state index contributed by atoms with van der Waals surface area (Å²) in [6.45, 7) is 7.52. The van der Waals surface area contributed by atoms with Crippen LogP contribution in [0.3, 0.4) is 0 Å². The van der Waals surface area contributed by atoms with Crippen molar-refractivity contribution in [3.05, 3.63) is 29.4 Å². The number of carboxylic acid groups (broad SMARTS) is 1. The Morgan fingerprint density at radius 1 is 1.03 bits per heavy atom. The van der Waals surface area contributed by atoms with Gasteiger partial charge in [0, 0.05) is 12.5 Å². The van der Waals surface area contributed by atoms with Crippen LogP contribution in [0.25, 0.3) is 11.0 Å². The summed E-state index contributed by atoms with van der Waals surface area (Å²) in [5.41, 5.74) is 2.55. The van der Waals surface area contributed by atoms with E-state index in [1.165, 1.54) is 51.4 Å². The summed E-state index contributed by atoms with van der Waals surface area (Å²) in [5, 5.41) is 13.4. The van der Waals surface area contributed by atoms with Crippen LogP contribution in [0.4, 0.5) is 5.82 Å². The van der Waals surface area contributed by atoms with Crippen molar-refractivity contribution < 1.29 is 9.90 Å². The van der Waals surface area contributed by atoms with Gasteiger partial charge in [-0.15, -0.1) is 0 Å². The van der Waals surface area contributed by atoms with E-state index in [-0.39, 0.29) is 0 Å². The Morgan fingerprint density at radius 2 is 1.74 bits per heavy atom. The lowest BCUT2D eigenvalue weighted by atomic mass is 9.44. The molecule has 6 heteroatoms. The molecule has 38 heavy (non-hydrogen) atoms. The van der Waals surface area contributed by atoms with Crippen LogP contribution < -0.4 is 5.32 Å². The van der Waals surface area contributed by atoms with E-state index >= 15 is 0 Å². The van der Waals surface area contributed by atoms with Gasteiger partial charge in [-0.1, -0.05) is 44.5 Å². The van der Waals surface area contributed by atoms with Crippen molar-refractivity contribution >= 4 is 34.4 Å². The predicted molar refractivity (Wildman–Crippen MR) is 153 cm³/mol. The minimum Gasteiger partial charge on any atom is -0.481 e. The third-order valence-electron chi connectivity index (χ3n) is 12.1. The SMILES string of the molecule is C[C@H](CCC(=O)O)C1CCC2C3CC[C@@H]4C[C@H](Nc5nc6ccccc6nc5Cl)CC[C@]4(C)C3CC[C@@]21C. The average molecular weight is 538 g/mol. The molecular formula is C32H44ClN3O2. The van der Waals surface area contributed by atoms with Crippen LogP contribution in [0.1, 0.15) is 91.4 Å². The number of hydrogen-bond donors (Lipinski definition) is 2. The molecule has 9 atom stereocenters. The Labute approximate surface area is 232 Å². The van der Waals surface area contributed by atoms with Gasteiger partial charge in [-0.2, -0.15) is 0 Å². The molecule has 4 aliphatic carbocycles. The number of benzene rings is 1. The van der Waals surface area contributed by atoms with E-state index in [4.69, 9.17) is 16.6 Å². The highest BCUT2D eigenvalue weighted by Crippen LogP contribution is 2.68. The maximum Gasteiger partial charge on any atom is 0.303 e. The van der Waals surface area contributed by atoms with Crippen molar-refractivity contribution in [2.75, 3.05) is 5.32 Å². The van der Waals surface area contributed by atoms with E-state index in [2.05, 4.69) is 31.1 Å². The fourth-order valence-corrected chi connectivity index (χ4v) is 10.4. The maximum atomic E-state index is 11.2. The van der Waals surface area contributed by atoms with Crippen molar-refractivity contribution in [2.24, 2.45) is 46.3 Å². The van der Waals surface area contributed by atoms with Gasteiger partial charge in [0.25, 0.3) is 0 Å². The van der Waals surface area contributed by atoms with Gasteiger partial charge in [-0.3, -0.25) is 4.79 Å². The molecule has 0 radical (unpaired) electrons. The van der Waals surface area contributed by atoms with E-state index in [0.717, 1.165) is 53.4 Å². The zero-order valence-electron chi connectivity index (χ0n) is 23.3. The topological polar surface area (TPSA) is 75.1 Å². The van der Waals surface area contributed by atoms with Crippen molar-refractivity contribution in [1.29, 1.82) is 0 Å². The average Bonchev–Trinajstić information content (AvgIpc) is 3.25. The highest BCUT2D eigenvalue weighted by molar-refractivity contribution is 6.32. The maximum absolute atomic E-state index is 11.2. The standard InChI is InChI=1S/C32H44ClN3O2/c1-19(8-13-28(37)38)23-11-12-24-22-10-9-20-18-21(14-16-31(20,2)25(22)15-17-32(23,24)3)34-30-29(33)35-26-6-4-5-7-27(26)36-30/h4-7,19-25H,8-18H2,1-3H3,(H,34,36)(H,37,38)/t19-,20-,21-,22?,23?,24?,25?,31+,32-/m1/s1. The van der Waals surface area contributed by atoms with Gasteiger partial charge in [-0.05, 0) is 123 Å². The van der Waals surface area contributed by atoms with Gasteiger partial charge in [-0.25, -0.2) is 9.97 Å². The number of nitrogens with one attached hydrogen (secondary N) is 1. The molecule has 4 unspecified atom stereocenters. The van der Waals surface area contributed by atoms with Crippen molar-refractivity contribution in [3.63, 3.8) is 0 Å². The number of carbonyl (C=O) groups is 1. The molecule has 1 aromatic heterocycles. The fraction of sp³-hybridized carbons (Fsp3) is 0.719. The van der Waals surface area contributed by atoms with Gasteiger partial charge >= 0.3 is 5.97 Å². The molecule has 1 aromatic carbocycles. The number of anilines is 1. The monoisotopic (exact) mass is 537 g/mol. The van der Waals surface area contributed by atoms with Gasteiger partial charge < -0.3 is 10.4 Å². The number of rotatable bonds is 6. The molecule has 0 bridgehead atoms. The van der Waals surface area contributed by atoms with Crippen LogP contribution in [-0.2, 0) is 4.79 Å². The number of halogens is 1. The summed E-state index contributed by atoms with van der Waals surface area (Å²) in [4.78, 5) is 20.6. The first kappa shape index (κ1) is 26.3. The summed E-state index contributed by atoms with van der Waals surface area (Å²) < 4.78 is 0. The molecule has 1 heterocycles. The first-order valence-electron chi connectivity index (χ1n) is 15.1. The molecule has 6 rings (SSSR count). The molecule has 206 valence electrons. The lowest BCUT2D eigenvalue weighted by molar-refractivity contribution is -0.137. The van der Waals surface area contributed by atoms with Crippen molar-refractivity contribution in [2.45, 2.75) is 97.4 Å². The Hall–Kier alpha value is -1.88. The van der Waals surface area contributed by atoms with E-state index < -0.39 is 5.97 Å². The molecule has 4 aliphatic rings. The molecule has 5 nitrogen and oxygen atoms in total. The van der Waals surface area contributed by atoms with Crippen LogP contribution in [0, 0.1) is 46.3 Å². The smallest absolute Gasteiger partial charge is 0.303 e. The molecule has 0 amide bonds. The second-order valence-electron chi connectivity index (χ2n) is 13.8. The molecule has 2 N–H and O–H groups in total. The highest BCUT2D eigenvalue weighted by atomic mass is 35.5. The third-order valence-corrected chi connectivity index (χ3v) is 12.4. The van der Waals surface area contributed by atoms with E-state index in [0.29, 0.717) is 40.3 Å². The minimum absolute atomic E-state index is 0.315. The summed E-state index contributed by atoms with van der Waals surface area (Å²) in [6.07, 6.45) is 12.8. The number of carboxylic acids is 1. The zero-order chi connectivity index (χ0) is 26.7. The van der Waals surface area contributed by atoms with Crippen LogP contribution in [-0.4, -0.2) is 27.1 Å². The zero-order valence-corrected chi connectivity index (χ0v) is 24.0. The summed E-state index contributed by atoms with van der Waals surface area (Å²) in [7, 11) is 0. The Bertz CT molecular complexity index is 1200. The summed E-state index contributed by atoms with van der Waals surface area (Å²) in [6, 6.07) is 8.33. The van der Waals surface area contributed by atoms with E-state index in [1.807, 2.05) is 24.3 Å². The van der Waals surface area contributed by atoms with Gasteiger partial charge in [0.05, 0.1) is 11.0 Å². The second kappa shape index (κ2) is 9.94. The minimum atomic E-state index is -0.647. The van der Waals surface area contributed by atoms with Crippen molar-refractivity contribution in [1.82, 2.24) is 9.97 Å².